The number of hydrogen-bond donors (Lipinski definition) is 8. The lowest BCUT2D eigenvalue weighted by molar-refractivity contribution is -0.141. The Morgan fingerprint density at radius 3 is 1.97 bits per heavy atom. The van der Waals surface area contributed by atoms with Gasteiger partial charge in [-0.15, -0.1) is 0 Å². The van der Waals surface area contributed by atoms with Gasteiger partial charge in [-0.05, 0) is 33.1 Å². The zero-order valence-electron chi connectivity index (χ0n) is 17.5. The molecule has 14 heteroatoms. The Bertz CT molecular complexity index is 694. The smallest absolute Gasteiger partial charge is 0.325 e. The Morgan fingerprint density at radius 2 is 1.45 bits per heavy atom. The molecule has 0 saturated carbocycles. The third kappa shape index (κ3) is 12.0. The van der Waals surface area contributed by atoms with Gasteiger partial charge in [0.2, 0.25) is 17.7 Å². The van der Waals surface area contributed by atoms with Crippen LogP contribution in [-0.2, 0) is 24.0 Å². The van der Waals surface area contributed by atoms with Gasteiger partial charge in [-0.2, -0.15) is 0 Å². The van der Waals surface area contributed by atoms with E-state index in [0.717, 1.165) is 0 Å². The zero-order valence-corrected chi connectivity index (χ0v) is 17.5. The van der Waals surface area contributed by atoms with Crippen molar-refractivity contribution in [2.75, 3.05) is 6.54 Å². The molecule has 0 aliphatic rings. The number of carbonyl (C=O) groups excluding carboxylic acids is 3. The lowest BCUT2D eigenvalue weighted by Gasteiger charge is -2.22. The molecule has 0 aromatic carbocycles. The molecular weight excluding hydrogens is 414 g/mol. The fourth-order valence-electron chi connectivity index (χ4n) is 2.25. The second-order valence-electron chi connectivity index (χ2n) is 6.85. The maximum absolute atomic E-state index is 12.5. The number of nitrogens with zero attached hydrogens (tertiary/aromatic N) is 1. The van der Waals surface area contributed by atoms with E-state index in [2.05, 4.69) is 20.9 Å². The first-order chi connectivity index (χ1) is 14.3. The largest absolute Gasteiger partial charge is 0.481 e. The van der Waals surface area contributed by atoms with Crippen molar-refractivity contribution in [2.24, 2.45) is 22.2 Å². The summed E-state index contributed by atoms with van der Waals surface area (Å²) in [4.78, 5) is 62.2. The van der Waals surface area contributed by atoms with Crippen LogP contribution in [-0.4, -0.2) is 76.5 Å². The highest BCUT2D eigenvalue weighted by atomic mass is 16.4. The van der Waals surface area contributed by atoms with Gasteiger partial charge in [0, 0.05) is 13.0 Å². The van der Waals surface area contributed by atoms with Crippen molar-refractivity contribution in [3.63, 3.8) is 0 Å². The molecule has 0 aliphatic heterocycles. The number of amides is 3. The quantitative estimate of drug-likeness (QED) is 0.0755. The van der Waals surface area contributed by atoms with Crippen molar-refractivity contribution in [1.29, 1.82) is 0 Å². The summed E-state index contributed by atoms with van der Waals surface area (Å²) in [5.41, 5.74) is 16.2. The Morgan fingerprint density at radius 1 is 0.871 bits per heavy atom. The fraction of sp³-hybridized carbons (Fsp3) is 0.647. The Kier molecular flexibility index (Phi) is 12.2. The van der Waals surface area contributed by atoms with Crippen LogP contribution in [0, 0.1) is 0 Å². The molecule has 4 unspecified atom stereocenters. The van der Waals surface area contributed by atoms with Gasteiger partial charge in [-0.25, -0.2) is 0 Å². The van der Waals surface area contributed by atoms with Crippen LogP contribution in [0.1, 0.15) is 39.5 Å². The zero-order chi connectivity index (χ0) is 24.1. The summed E-state index contributed by atoms with van der Waals surface area (Å²) in [5, 5.41) is 24.6. The molecule has 0 radical (unpaired) electrons. The molecule has 0 rings (SSSR count). The van der Waals surface area contributed by atoms with Crippen molar-refractivity contribution in [1.82, 2.24) is 16.0 Å². The second kappa shape index (κ2) is 13.7. The lowest BCUT2D eigenvalue weighted by atomic mass is 10.1. The average Bonchev–Trinajstić information content (AvgIpc) is 2.67. The molecule has 0 aliphatic carbocycles. The molecule has 14 nitrogen and oxygen atoms in total. The van der Waals surface area contributed by atoms with Crippen LogP contribution in [0.3, 0.4) is 0 Å². The predicted molar refractivity (Wildman–Crippen MR) is 110 cm³/mol. The first kappa shape index (κ1) is 27.6. The molecule has 0 aromatic rings. The van der Waals surface area contributed by atoms with Gasteiger partial charge in [-0.3, -0.25) is 29.0 Å². The van der Waals surface area contributed by atoms with Crippen LogP contribution < -0.4 is 33.2 Å². The molecule has 176 valence electrons. The number of rotatable bonds is 14. The number of aliphatic carboxylic acids is 2. The van der Waals surface area contributed by atoms with Gasteiger partial charge < -0.3 is 43.4 Å². The number of guanidine groups is 1. The van der Waals surface area contributed by atoms with Crippen LogP contribution >= 0.6 is 0 Å². The Balaban J connectivity index is 4.95. The summed E-state index contributed by atoms with van der Waals surface area (Å²) in [6, 6.07) is -4.57. The van der Waals surface area contributed by atoms with E-state index in [1.165, 1.54) is 13.8 Å². The molecule has 0 saturated heterocycles. The summed E-state index contributed by atoms with van der Waals surface area (Å²) >= 11 is 0. The minimum Gasteiger partial charge on any atom is -0.481 e. The van der Waals surface area contributed by atoms with Crippen LogP contribution in [0.15, 0.2) is 4.99 Å². The third-order valence-corrected chi connectivity index (χ3v) is 4.07. The number of hydrogen-bond acceptors (Lipinski definition) is 7. The number of aliphatic imine (C=N–C) groups is 1. The summed E-state index contributed by atoms with van der Waals surface area (Å²) in [5.74, 6) is -4.80. The van der Waals surface area contributed by atoms with Crippen LogP contribution in [0.25, 0.3) is 0 Å². The molecule has 3 amide bonds. The summed E-state index contributed by atoms with van der Waals surface area (Å²) < 4.78 is 0. The predicted octanol–water partition coefficient (Wildman–Crippen LogP) is -3.19. The number of carboxylic acid groups (broad SMARTS) is 2. The van der Waals surface area contributed by atoms with Crippen molar-refractivity contribution in [2.45, 2.75) is 63.7 Å². The minimum atomic E-state index is -1.26. The topological polar surface area (TPSA) is 252 Å². The minimum absolute atomic E-state index is 0.0978. The Labute approximate surface area is 179 Å². The maximum Gasteiger partial charge on any atom is 0.325 e. The summed E-state index contributed by atoms with van der Waals surface area (Å²) in [6.07, 6.45) is -0.0541. The van der Waals surface area contributed by atoms with E-state index in [1.54, 1.807) is 0 Å². The van der Waals surface area contributed by atoms with E-state index in [0.29, 0.717) is 6.42 Å². The van der Waals surface area contributed by atoms with E-state index in [4.69, 9.17) is 27.4 Å². The van der Waals surface area contributed by atoms with Crippen LogP contribution in [0.2, 0.25) is 0 Å². The Hall–Kier alpha value is -3.42. The molecule has 0 spiro atoms. The third-order valence-electron chi connectivity index (χ3n) is 4.07. The number of carboxylic acids is 2. The van der Waals surface area contributed by atoms with E-state index in [9.17, 15) is 24.0 Å². The maximum atomic E-state index is 12.5. The number of carbonyl (C=O) groups is 5. The monoisotopic (exact) mass is 445 g/mol. The molecule has 31 heavy (non-hydrogen) atoms. The average molecular weight is 445 g/mol. The lowest BCUT2D eigenvalue weighted by Crippen LogP contribution is -2.56. The molecule has 0 fully saturated rings. The highest BCUT2D eigenvalue weighted by Gasteiger charge is 2.27. The number of nitrogens with one attached hydrogen (secondary N) is 3. The molecular formula is C17H31N7O7. The molecule has 0 heterocycles. The van der Waals surface area contributed by atoms with E-state index in [-0.39, 0.29) is 25.3 Å². The van der Waals surface area contributed by atoms with Crippen LogP contribution in [0.4, 0.5) is 0 Å². The summed E-state index contributed by atoms with van der Waals surface area (Å²) in [7, 11) is 0. The SMILES string of the molecule is CC(NC(=O)C(C)NC(=O)C(CCC(=O)O)NC(=O)C(N)CCCN=C(N)N)C(=O)O. The highest BCUT2D eigenvalue weighted by molar-refractivity contribution is 5.94. The van der Waals surface area contributed by atoms with Crippen LogP contribution in [0.5, 0.6) is 0 Å². The van der Waals surface area contributed by atoms with E-state index >= 15 is 0 Å². The summed E-state index contributed by atoms with van der Waals surface area (Å²) in [6.45, 7) is 2.82. The van der Waals surface area contributed by atoms with Crippen molar-refractivity contribution >= 4 is 35.6 Å². The normalized spacial score (nSPS) is 14.3. The first-order valence-corrected chi connectivity index (χ1v) is 9.51. The van der Waals surface area contributed by atoms with Gasteiger partial charge >= 0.3 is 11.9 Å². The molecule has 0 aromatic heterocycles. The van der Waals surface area contributed by atoms with Crippen molar-refractivity contribution < 1.29 is 34.2 Å². The van der Waals surface area contributed by atoms with E-state index < -0.39 is 60.2 Å². The molecule has 11 N–H and O–H groups in total. The molecule has 0 bridgehead atoms. The highest BCUT2D eigenvalue weighted by Crippen LogP contribution is 2.02. The van der Waals surface area contributed by atoms with E-state index in [1.807, 2.05) is 0 Å². The van der Waals surface area contributed by atoms with Gasteiger partial charge in [0.25, 0.3) is 0 Å². The first-order valence-electron chi connectivity index (χ1n) is 9.51. The van der Waals surface area contributed by atoms with Crippen molar-refractivity contribution in [3.05, 3.63) is 0 Å². The second-order valence-corrected chi connectivity index (χ2v) is 6.85. The standard InChI is InChI=1S/C17H31N7O7/c1-8(13(27)23-9(2)16(30)31)22-15(29)11(5-6-12(25)26)24-14(28)10(18)4-3-7-21-17(19)20/h8-11H,3-7,18H2,1-2H3,(H,22,29)(H,23,27)(H,24,28)(H,25,26)(H,30,31)(H4,19,20,21). The van der Waals surface area contributed by atoms with Crippen molar-refractivity contribution in [3.8, 4) is 0 Å². The van der Waals surface area contributed by atoms with Gasteiger partial charge in [0.15, 0.2) is 5.96 Å². The number of nitrogens with two attached hydrogens (primary N) is 3. The molecule has 4 atom stereocenters. The van der Waals surface area contributed by atoms with Gasteiger partial charge in [-0.1, -0.05) is 0 Å². The van der Waals surface area contributed by atoms with Gasteiger partial charge in [0.1, 0.15) is 18.1 Å². The van der Waals surface area contributed by atoms with Gasteiger partial charge in [0.05, 0.1) is 6.04 Å². The fourth-order valence-corrected chi connectivity index (χ4v) is 2.25.